The SMILES string of the molecule is COc1ccc(F)c(OC2CC(COc3cccc([C@@H](C4CC4)[C@H](C)C(=O)O)c3)C2)c1. The zero-order valence-corrected chi connectivity index (χ0v) is 17.9. The summed E-state index contributed by atoms with van der Waals surface area (Å²) in [6.07, 6.45) is 3.75. The van der Waals surface area contributed by atoms with Crippen LogP contribution in [0.25, 0.3) is 0 Å². The molecule has 0 aromatic heterocycles. The van der Waals surface area contributed by atoms with Crippen molar-refractivity contribution in [3.63, 3.8) is 0 Å². The van der Waals surface area contributed by atoms with Crippen molar-refractivity contribution in [3.8, 4) is 17.2 Å². The Kier molecular flexibility index (Phi) is 6.35. The third kappa shape index (κ3) is 5.12. The molecule has 0 bridgehead atoms. The van der Waals surface area contributed by atoms with Crippen molar-refractivity contribution >= 4 is 5.97 Å². The van der Waals surface area contributed by atoms with Crippen molar-refractivity contribution in [2.45, 2.75) is 44.6 Å². The number of methoxy groups -OCH3 is 1. The van der Waals surface area contributed by atoms with Crippen molar-refractivity contribution < 1.29 is 28.5 Å². The van der Waals surface area contributed by atoms with Crippen LogP contribution in [0, 0.1) is 23.6 Å². The lowest BCUT2D eigenvalue weighted by Crippen LogP contribution is -2.37. The topological polar surface area (TPSA) is 65.0 Å². The molecule has 2 aromatic carbocycles. The molecular formula is C25H29FO5. The van der Waals surface area contributed by atoms with Crippen LogP contribution in [0.15, 0.2) is 42.5 Å². The average Bonchev–Trinajstić information content (AvgIpc) is 3.56. The van der Waals surface area contributed by atoms with E-state index >= 15 is 0 Å². The smallest absolute Gasteiger partial charge is 0.306 e. The predicted molar refractivity (Wildman–Crippen MR) is 114 cm³/mol. The van der Waals surface area contributed by atoms with Crippen LogP contribution in [-0.4, -0.2) is 30.9 Å². The van der Waals surface area contributed by atoms with Gasteiger partial charge in [0.1, 0.15) is 11.5 Å². The fourth-order valence-electron chi connectivity index (χ4n) is 4.39. The van der Waals surface area contributed by atoms with E-state index in [4.69, 9.17) is 14.2 Å². The first kappa shape index (κ1) is 21.5. The van der Waals surface area contributed by atoms with Gasteiger partial charge in [0.05, 0.1) is 25.7 Å². The highest BCUT2D eigenvalue weighted by Gasteiger charge is 2.38. The second-order valence-corrected chi connectivity index (χ2v) is 8.75. The Hall–Kier alpha value is -2.76. The molecule has 2 saturated carbocycles. The maximum absolute atomic E-state index is 13.9. The zero-order valence-electron chi connectivity index (χ0n) is 17.9. The first-order chi connectivity index (χ1) is 14.9. The Morgan fingerprint density at radius 3 is 2.61 bits per heavy atom. The molecule has 0 amide bonds. The Morgan fingerprint density at radius 2 is 1.94 bits per heavy atom. The van der Waals surface area contributed by atoms with Crippen LogP contribution in [0.1, 0.15) is 44.1 Å². The molecule has 2 aliphatic rings. The van der Waals surface area contributed by atoms with Gasteiger partial charge in [0.25, 0.3) is 0 Å². The van der Waals surface area contributed by atoms with Gasteiger partial charge in [-0.1, -0.05) is 19.1 Å². The van der Waals surface area contributed by atoms with Crippen LogP contribution in [-0.2, 0) is 4.79 Å². The van der Waals surface area contributed by atoms with E-state index in [0.717, 1.165) is 37.0 Å². The monoisotopic (exact) mass is 428 g/mol. The molecule has 5 nitrogen and oxygen atoms in total. The van der Waals surface area contributed by atoms with Crippen molar-refractivity contribution in [1.82, 2.24) is 0 Å². The first-order valence-electron chi connectivity index (χ1n) is 10.9. The summed E-state index contributed by atoms with van der Waals surface area (Å²) in [5, 5.41) is 9.48. The van der Waals surface area contributed by atoms with Gasteiger partial charge in [-0.25, -0.2) is 4.39 Å². The largest absolute Gasteiger partial charge is 0.497 e. The van der Waals surface area contributed by atoms with E-state index in [9.17, 15) is 14.3 Å². The first-order valence-corrected chi connectivity index (χ1v) is 10.9. The summed E-state index contributed by atoms with van der Waals surface area (Å²) in [7, 11) is 1.54. The van der Waals surface area contributed by atoms with Gasteiger partial charge in [-0.05, 0) is 73.3 Å². The van der Waals surface area contributed by atoms with Crippen molar-refractivity contribution in [2.24, 2.45) is 17.8 Å². The minimum atomic E-state index is -0.754. The highest BCUT2D eigenvalue weighted by atomic mass is 19.1. The van der Waals surface area contributed by atoms with E-state index in [1.807, 2.05) is 24.3 Å². The summed E-state index contributed by atoms with van der Waals surface area (Å²) in [4.78, 5) is 11.5. The third-order valence-corrected chi connectivity index (χ3v) is 6.41. The summed E-state index contributed by atoms with van der Waals surface area (Å²) in [6.45, 7) is 2.35. The number of ether oxygens (including phenoxy) is 3. The molecule has 0 aliphatic heterocycles. The molecule has 2 aromatic rings. The lowest BCUT2D eigenvalue weighted by atomic mass is 9.82. The molecule has 0 unspecified atom stereocenters. The Labute approximate surface area is 182 Å². The molecule has 166 valence electrons. The quantitative estimate of drug-likeness (QED) is 0.557. The van der Waals surface area contributed by atoms with Crippen molar-refractivity contribution in [1.29, 1.82) is 0 Å². The highest BCUT2D eigenvalue weighted by Crippen LogP contribution is 2.47. The predicted octanol–water partition coefficient (Wildman–Crippen LogP) is 5.29. The average molecular weight is 429 g/mol. The number of carboxylic acids is 1. The Bertz CT molecular complexity index is 920. The zero-order chi connectivity index (χ0) is 22.0. The van der Waals surface area contributed by atoms with Gasteiger partial charge in [-0.3, -0.25) is 4.79 Å². The molecule has 0 radical (unpaired) electrons. The van der Waals surface area contributed by atoms with E-state index in [1.54, 1.807) is 19.1 Å². The molecule has 2 fully saturated rings. The van der Waals surface area contributed by atoms with Crippen LogP contribution < -0.4 is 14.2 Å². The van der Waals surface area contributed by atoms with Gasteiger partial charge in [-0.15, -0.1) is 0 Å². The lowest BCUT2D eigenvalue weighted by molar-refractivity contribution is -0.142. The van der Waals surface area contributed by atoms with E-state index < -0.39 is 17.7 Å². The molecule has 31 heavy (non-hydrogen) atoms. The standard InChI is InChI=1S/C25H29FO5/c1-15(25(27)28)24(17-6-7-17)18-4-3-5-20(12-18)30-14-16-10-21(11-16)31-23-13-19(29-2)8-9-22(23)26/h3-5,8-9,12-13,15-17,21,24H,6-7,10-11,14H2,1-2H3,(H,27,28)/t15-,16?,21?,24+/m0/s1. The second-order valence-electron chi connectivity index (χ2n) is 8.75. The number of hydrogen-bond donors (Lipinski definition) is 1. The van der Waals surface area contributed by atoms with Gasteiger partial charge >= 0.3 is 5.97 Å². The van der Waals surface area contributed by atoms with Gasteiger partial charge < -0.3 is 19.3 Å². The van der Waals surface area contributed by atoms with Gasteiger partial charge in [0.2, 0.25) is 0 Å². The molecule has 6 heteroatoms. The van der Waals surface area contributed by atoms with Crippen LogP contribution in [0.3, 0.4) is 0 Å². The maximum Gasteiger partial charge on any atom is 0.306 e. The number of carbonyl (C=O) groups is 1. The number of rotatable bonds is 10. The number of halogens is 1. The molecule has 0 heterocycles. The van der Waals surface area contributed by atoms with Crippen LogP contribution in [0.5, 0.6) is 17.2 Å². The Balaban J connectivity index is 1.29. The molecule has 2 aliphatic carbocycles. The summed E-state index contributed by atoms with van der Waals surface area (Å²) in [6, 6.07) is 12.3. The summed E-state index contributed by atoms with van der Waals surface area (Å²) in [5.41, 5.74) is 1.04. The van der Waals surface area contributed by atoms with Gasteiger partial charge in [0, 0.05) is 6.07 Å². The minimum absolute atomic E-state index is 0.0280. The second kappa shape index (κ2) is 9.16. The fraction of sp³-hybridized carbons (Fsp3) is 0.480. The Morgan fingerprint density at radius 1 is 1.16 bits per heavy atom. The van der Waals surface area contributed by atoms with Crippen LogP contribution in [0.4, 0.5) is 4.39 Å². The van der Waals surface area contributed by atoms with Crippen LogP contribution >= 0.6 is 0 Å². The van der Waals surface area contributed by atoms with Crippen molar-refractivity contribution in [2.75, 3.05) is 13.7 Å². The van der Waals surface area contributed by atoms with E-state index in [1.165, 1.54) is 13.2 Å². The van der Waals surface area contributed by atoms with E-state index in [0.29, 0.717) is 24.2 Å². The number of aliphatic carboxylic acids is 1. The number of hydrogen-bond acceptors (Lipinski definition) is 4. The van der Waals surface area contributed by atoms with Crippen molar-refractivity contribution in [3.05, 3.63) is 53.8 Å². The normalized spacial score (nSPS) is 22.2. The van der Waals surface area contributed by atoms with Gasteiger partial charge in [-0.2, -0.15) is 0 Å². The summed E-state index contributed by atoms with van der Waals surface area (Å²) >= 11 is 0. The molecule has 1 N–H and O–H groups in total. The van der Waals surface area contributed by atoms with Crippen LogP contribution in [0.2, 0.25) is 0 Å². The van der Waals surface area contributed by atoms with E-state index in [-0.39, 0.29) is 17.8 Å². The fourth-order valence-corrected chi connectivity index (χ4v) is 4.39. The molecule has 2 atom stereocenters. The maximum atomic E-state index is 13.9. The minimum Gasteiger partial charge on any atom is -0.497 e. The van der Waals surface area contributed by atoms with E-state index in [2.05, 4.69) is 0 Å². The molecular weight excluding hydrogens is 399 g/mol. The third-order valence-electron chi connectivity index (χ3n) is 6.41. The molecule has 4 rings (SSSR count). The number of carboxylic acid groups (broad SMARTS) is 1. The lowest BCUT2D eigenvalue weighted by Gasteiger charge is -2.35. The molecule has 0 spiro atoms. The molecule has 0 saturated heterocycles. The van der Waals surface area contributed by atoms with Gasteiger partial charge in [0.15, 0.2) is 11.6 Å². The summed E-state index contributed by atoms with van der Waals surface area (Å²) < 4.78 is 30.8. The number of benzene rings is 2. The highest BCUT2D eigenvalue weighted by molar-refractivity contribution is 5.71. The summed E-state index contributed by atoms with van der Waals surface area (Å²) in [5.74, 6) is 0.817.